The van der Waals surface area contributed by atoms with Crippen LogP contribution in [0.3, 0.4) is 0 Å². The molecule has 0 radical (unpaired) electrons. The first-order valence-corrected chi connectivity index (χ1v) is 13.3. The molecule has 174 valence electrons. The lowest BCUT2D eigenvalue weighted by Gasteiger charge is -2.32. The Morgan fingerprint density at radius 1 is 0.939 bits per heavy atom. The van der Waals surface area contributed by atoms with Crippen molar-refractivity contribution in [1.82, 2.24) is 19.7 Å². The van der Waals surface area contributed by atoms with Crippen molar-refractivity contribution in [2.75, 3.05) is 25.4 Å². The summed E-state index contributed by atoms with van der Waals surface area (Å²) in [5, 5.41) is 11.2. The number of benzene rings is 2. The monoisotopic (exact) mass is 482 g/mol. The zero-order valence-electron chi connectivity index (χ0n) is 18.9. The van der Waals surface area contributed by atoms with E-state index in [0.29, 0.717) is 12.0 Å². The van der Waals surface area contributed by atoms with Crippen LogP contribution in [0.4, 0.5) is 0 Å². The molecule has 2 fully saturated rings. The summed E-state index contributed by atoms with van der Waals surface area (Å²) in [4.78, 5) is 2.50. The molecule has 2 aliphatic rings. The molecule has 1 aromatic heterocycles. The second-order valence-electron chi connectivity index (χ2n) is 9.00. The molecule has 0 bridgehead atoms. The van der Waals surface area contributed by atoms with Crippen molar-refractivity contribution in [2.45, 2.75) is 56.0 Å². The molecule has 33 heavy (non-hydrogen) atoms. The number of nitrogens with zero attached hydrogens (tertiary/aromatic N) is 4. The van der Waals surface area contributed by atoms with E-state index in [-0.39, 0.29) is 0 Å². The Balaban J connectivity index is 1.28. The molecule has 0 unspecified atom stereocenters. The van der Waals surface area contributed by atoms with Crippen molar-refractivity contribution < 1.29 is 4.74 Å². The first-order valence-electron chi connectivity index (χ1n) is 11.9. The third-order valence-corrected chi connectivity index (χ3v) is 8.12. The lowest BCUT2D eigenvalue weighted by Crippen LogP contribution is -2.33. The minimum Gasteiger partial charge on any atom is -0.377 e. The number of ether oxygens (including phenoxy) is 1. The molecular weight excluding hydrogens is 452 g/mol. The van der Waals surface area contributed by atoms with Crippen LogP contribution in [0.5, 0.6) is 0 Å². The molecule has 2 aliphatic heterocycles. The number of hydrogen-bond donors (Lipinski definition) is 0. The normalized spacial score (nSPS) is 19.8. The maximum Gasteiger partial charge on any atom is 0.191 e. The van der Waals surface area contributed by atoms with Crippen LogP contribution in [0.1, 0.15) is 48.6 Å². The minimum absolute atomic E-state index is 0.341. The molecule has 5 nitrogen and oxygen atoms in total. The summed E-state index contributed by atoms with van der Waals surface area (Å²) in [6.45, 7) is 4.71. The molecule has 2 saturated heterocycles. The SMILES string of the molecule is Clc1ccccc1CN1CCC(c2nnc(SC[C@@H]3CCCO3)n2Cc2ccccc2)CC1. The second-order valence-corrected chi connectivity index (χ2v) is 10.4. The Morgan fingerprint density at radius 2 is 1.73 bits per heavy atom. The maximum atomic E-state index is 6.39. The van der Waals surface area contributed by atoms with Crippen molar-refractivity contribution in [3.05, 3.63) is 76.6 Å². The molecular formula is C26H31ClN4OS. The third kappa shape index (κ3) is 5.80. The molecule has 0 aliphatic carbocycles. The van der Waals surface area contributed by atoms with E-state index >= 15 is 0 Å². The molecule has 0 spiro atoms. The highest BCUT2D eigenvalue weighted by Crippen LogP contribution is 2.32. The summed E-state index contributed by atoms with van der Waals surface area (Å²) >= 11 is 8.18. The number of piperidine rings is 1. The van der Waals surface area contributed by atoms with E-state index in [4.69, 9.17) is 21.4 Å². The Kier molecular flexibility index (Phi) is 7.67. The summed E-state index contributed by atoms with van der Waals surface area (Å²) in [6, 6.07) is 18.8. The smallest absolute Gasteiger partial charge is 0.191 e. The Bertz CT molecular complexity index is 1030. The van der Waals surface area contributed by atoms with E-state index in [2.05, 4.69) is 57.0 Å². The second kappa shape index (κ2) is 11.0. The molecule has 1 atom stereocenters. The first-order chi connectivity index (χ1) is 16.3. The average molecular weight is 483 g/mol. The Labute approximate surface area is 205 Å². The molecule has 3 heterocycles. The molecule has 3 aromatic rings. The van der Waals surface area contributed by atoms with Crippen LogP contribution in [0.15, 0.2) is 59.8 Å². The summed E-state index contributed by atoms with van der Waals surface area (Å²) in [5.41, 5.74) is 2.49. The number of rotatable bonds is 8. The van der Waals surface area contributed by atoms with Crippen molar-refractivity contribution >= 4 is 23.4 Å². The largest absolute Gasteiger partial charge is 0.377 e. The average Bonchev–Trinajstić information content (AvgIpc) is 3.51. The summed E-state index contributed by atoms with van der Waals surface area (Å²) in [5.74, 6) is 2.51. The van der Waals surface area contributed by atoms with Crippen LogP contribution in [-0.4, -0.2) is 51.2 Å². The lowest BCUT2D eigenvalue weighted by atomic mass is 9.95. The molecule has 7 heteroatoms. The van der Waals surface area contributed by atoms with Crippen LogP contribution in [0.25, 0.3) is 0 Å². The highest BCUT2D eigenvalue weighted by molar-refractivity contribution is 7.99. The van der Waals surface area contributed by atoms with Gasteiger partial charge in [-0.05, 0) is 56.0 Å². The van der Waals surface area contributed by atoms with Gasteiger partial charge in [0.05, 0.1) is 12.6 Å². The predicted octanol–water partition coefficient (Wildman–Crippen LogP) is 5.63. The van der Waals surface area contributed by atoms with Crippen molar-refractivity contribution in [2.24, 2.45) is 0 Å². The quantitative estimate of drug-likeness (QED) is 0.389. The number of aromatic nitrogens is 3. The third-order valence-electron chi connectivity index (χ3n) is 6.66. The van der Waals surface area contributed by atoms with Crippen LogP contribution in [0, 0.1) is 0 Å². The van der Waals surface area contributed by atoms with E-state index in [9.17, 15) is 0 Å². The molecule has 2 aromatic carbocycles. The van der Waals surface area contributed by atoms with Gasteiger partial charge in [-0.15, -0.1) is 10.2 Å². The number of likely N-dealkylation sites (tertiary alicyclic amines) is 1. The molecule has 0 saturated carbocycles. The minimum atomic E-state index is 0.341. The van der Waals surface area contributed by atoms with Gasteiger partial charge in [-0.1, -0.05) is 71.9 Å². The van der Waals surface area contributed by atoms with Gasteiger partial charge in [0.1, 0.15) is 5.82 Å². The van der Waals surface area contributed by atoms with Gasteiger partial charge < -0.3 is 9.30 Å². The lowest BCUT2D eigenvalue weighted by molar-refractivity contribution is 0.129. The van der Waals surface area contributed by atoms with E-state index in [0.717, 1.165) is 73.8 Å². The zero-order valence-corrected chi connectivity index (χ0v) is 20.5. The fourth-order valence-electron chi connectivity index (χ4n) is 4.78. The highest BCUT2D eigenvalue weighted by Gasteiger charge is 2.27. The fourth-order valence-corrected chi connectivity index (χ4v) is 5.99. The van der Waals surface area contributed by atoms with E-state index < -0.39 is 0 Å². The number of halogens is 1. The van der Waals surface area contributed by atoms with Gasteiger partial charge in [-0.3, -0.25) is 4.90 Å². The van der Waals surface area contributed by atoms with Crippen molar-refractivity contribution in [3.8, 4) is 0 Å². The molecule has 5 rings (SSSR count). The van der Waals surface area contributed by atoms with E-state index in [1.165, 1.54) is 17.5 Å². The van der Waals surface area contributed by atoms with Crippen molar-refractivity contribution in [3.63, 3.8) is 0 Å². The van der Waals surface area contributed by atoms with Gasteiger partial charge in [0.15, 0.2) is 5.16 Å². The van der Waals surface area contributed by atoms with Gasteiger partial charge in [-0.2, -0.15) is 0 Å². The zero-order chi connectivity index (χ0) is 22.5. The Hall–Kier alpha value is -1.86. The van der Waals surface area contributed by atoms with Crippen LogP contribution in [0.2, 0.25) is 5.02 Å². The van der Waals surface area contributed by atoms with Crippen LogP contribution >= 0.6 is 23.4 Å². The predicted molar refractivity (Wildman–Crippen MR) is 134 cm³/mol. The highest BCUT2D eigenvalue weighted by atomic mass is 35.5. The first kappa shape index (κ1) is 22.9. The summed E-state index contributed by atoms with van der Waals surface area (Å²) in [6.07, 6.45) is 4.84. The molecule has 0 N–H and O–H groups in total. The van der Waals surface area contributed by atoms with E-state index in [1.54, 1.807) is 11.8 Å². The summed E-state index contributed by atoms with van der Waals surface area (Å²) in [7, 11) is 0. The summed E-state index contributed by atoms with van der Waals surface area (Å²) < 4.78 is 8.18. The number of hydrogen-bond acceptors (Lipinski definition) is 5. The van der Waals surface area contributed by atoms with Crippen LogP contribution in [-0.2, 0) is 17.8 Å². The van der Waals surface area contributed by atoms with Crippen LogP contribution < -0.4 is 0 Å². The van der Waals surface area contributed by atoms with Gasteiger partial charge in [0.2, 0.25) is 0 Å². The Morgan fingerprint density at radius 3 is 2.48 bits per heavy atom. The van der Waals surface area contributed by atoms with Gasteiger partial charge in [0.25, 0.3) is 0 Å². The van der Waals surface area contributed by atoms with Gasteiger partial charge in [-0.25, -0.2) is 0 Å². The maximum absolute atomic E-state index is 6.39. The van der Waals surface area contributed by atoms with Crippen molar-refractivity contribution in [1.29, 1.82) is 0 Å². The van der Waals surface area contributed by atoms with Gasteiger partial charge in [0, 0.05) is 29.8 Å². The van der Waals surface area contributed by atoms with Gasteiger partial charge >= 0.3 is 0 Å². The fraction of sp³-hybridized carbons (Fsp3) is 0.462. The van der Waals surface area contributed by atoms with E-state index in [1.807, 2.05) is 12.1 Å². The standard InChI is InChI=1S/C26H31ClN4OS/c27-24-11-5-4-9-22(24)18-30-14-12-21(13-15-30)25-28-29-26(33-19-23-10-6-16-32-23)31(25)17-20-7-2-1-3-8-20/h1-5,7-9,11,21,23H,6,10,12-19H2/t23-/m0/s1. The molecule has 0 amide bonds. The topological polar surface area (TPSA) is 43.2 Å². The number of thioether (sulfide) groups is 1.